The van der Waals surface area contributed by atoms with E-state index >= 15 is 0 Å². The largest absolute Gasteiger partial charge is 0.316 e. The molecule has 21 heavy (non-hydrogen) atoms. The Morgan fingerprint density at radius 1 is 1.10 bits per heavy atom. The summed E-state index contributed by atoms with van der Waals surface area (Å²) in [5.41, 5.74) is 3.44. The van der Waals surface area contributed by atoms with E-state index in [1.165, 1.54) is 24.8 Å². The Kier molecular flexibility index (Phi) is 5.67. The van der Waals surface area contributed by atoms with Gasteiger partial charge in [0, 0.05) is 22.7 Å². The minimum absolute atomic E-state index is 0.579. The second-order valence-corrected chi connectivity index (χ2v) is 7.88. The molecule has 3 unspecified atom stereocenters. The first-order valence-corrected chi connectivity index (χ1v) is 8.96. The lowest BCUT2D eigenvalue weighted by atomic mass is 9.79. The summed E-state index contributed by atoms with van der Waals surface area (Å²) >= 11 is 1.87. The van der Waals surface area contributed by atoms with Gasteiger partial charge in [-0.3, -0.25) is 0 Å². The van der Waals surface area contributed by atoms with Crippen LogP contribution in [0, 0.1) is 32.6 Å². The minimum Gasteiger partial charge on any atom is -0.316 e. The van der Waals surface area contributed by atoms with E-state index in [1.54, 1.807) is 0 Å². The number of aryl methyl sites for hydroxylation is 2. The zero-order valence-corrected chi connectivity index (χ0v) is 15.0. The van der Waals surface area contributed by atoms with E-state index in [2.05, 4.69) is 47.0 Å². The number of nitrogens with zero attached hydrogens (tertiary/aromatic N) is 2. The fraction of sp³-hybridized carbons (Fsp3) is 0.765. The summed E-state index contributed by atoms with van der Waals surface area (Å²) in [7, 11) is 2.08. The van der Waals surface area contributed by atoms with Crippen LogP contribution in [-0.2, 0) is 0 Å². The number of thioether (sulfide) groups is 1. The van der Waals surface area contributed by atoms with Crippen molar-refractivity contribution in [3.63, 3.8) is 0 Å². The lowest BCUT2D eigenvalue weighted by molar-refractivity contribution is 0.251. The van der Waals surface area contributed by atoms with Gasteiger partial charge < -0.3 is 5.32 Å². The second-order valence-electron chi connectivity index (χ2n) is 6.67. The molecule has 1 N–H and O–H groups in total. The molecule has 0 saturated heterocycles. The van der Waals surface area contributed by atoms with Crippen molar-refractivity contribution < 1.29 is 0 Å². The molecule has 0 amide bonds. The molecule has 1 aromatic heterocycles. The lowest BCUT2D eigenvalue weighted by Crippen LogP contribution is -2.41. The van der Waals surface area contributed by atoms with E-state index in [-0.39, 0.29) is 0 Å². The van der Waals surface area contributed by atoms with Gasteiger partial charge in [0.25, 0.3) is 0 Å². The smallest absolute Gasteiger partial charge is 0.188 e. The highest BCUT2D eigenvalue weighted by molar-refractivity contribution is 7.99. The first kappa shape index (κ1) is 16.8. The van der Waals surface area contributed by atoms with Gasteiger partial charge in [-0.05, 0) is 64.5 Å². The molecular weight excluding hydrogens is 278 g/mol. The zero-order valence-electron chi connectivity index (χ0n) is 14.2. The first-order chi connectivity index (χ1) is 9.92. The maximum atomic E-state index is 4.69. The lowest BCUT2D eigenvalue weighted by Gasteiger charge is -2.37. The molecule has 4 heteroatoms. The summed E-state index contributed by atoms with van der Waals surface area (Å²) in [5, 5.41) is 5.03. The van der Waals surface area contributed by atoms with Gasteiger partial charge in [-0.1, -0.05) is 25.6 Å². The average molecular weight is 308 g/mol. The fourth-order valence-corrected chi connectivity index (χ4v) is 4.59. The van der Waals surface area contributed by atoms with Crippen LogP contribution >= 0.6 is 11.8 Å². The molecule has 2 rings (SSSR count). The molecule has 0 bridgehead atoms. The first-order valence-electron chi connectivity index (χ1n) is 8.08. The second kappa shape index (κ2) is 7.10. The highest BCUT2D eigenvalue weighted by Crippen LogP contribution is 2.38. The number of nitrogens with one attached hydrogen (secondary N) is 1. The summed E-state index contributed by atoms with van der Waals surface area (Å²) in [6, 6.07) is 0.579. The van der Waals surface area contributed by atoms with E-state index in [1.807, 2.05) is 11.8 Å². The Balaban J connectivity index is 2.15. The van der Waals surface area contributed by atoms with Gasteiger partial charge in [0.05, 0.1) is 0 Å². The van der Waals surface area contributed by atoms with Crippen LogP contribution in [0.25, 0.3) is 0 Å². The minimum atomic E-state index is 0.579. The third-order valence-electron chi connectivity index (χ3n) is 5.01. The van der Waals surface area contributed by atoms with Crippen molar-refractivity contribution in [2.45, 2.75) is 70.3 Å². The topological polar surface area (TPSA) is 37.8 Å². The summed E-state index contributed by atoms with van der Waals surface area (Å²) < 4.78 is 0. The molecule has 1 aliphatic rings. The number of aromatic nitrogens is 2. The van der Waals surface area contributed by atoms with Crippen molar-refractivity contribution in [1.29, 1.82) is 0 Å². The van der Waals surface area contributed by atoms with Crippen LogP contribution in [0.5, 0.6) is 0 Å². The number of hydrogen-bond donors (Lipinski definition) is 1. The molecule has 3 nitrogen and oxygen atoms in total. The summed E-state index contributed by atoms with van der Waals surface area (Å²) in [4.78, 5) is 9.38. The molecule has 0 aliphatic heterocycles. The van der Waals surface area contributed by atoms with Crippen LogP contribution in [-0.4, -0.2) is 28.3 Å². The van der Waals surface area contributed by atoms with Gasteiger partial charge in [-0.2, -0.15) is 0 Å². The van der Waals surface area contributed by atoms with Crippen LogP contribution in [0.2, 0.25) is 0 Å². The van der Waals surface area contributed by atoms with Gasteiger partial charge in [-0.25, -0.2) is 9.97 Å². The average Bonchev–Trinajstić information content (AvgIpc) is 2.44. The maximum absolute atomic E-state index is 4.69. The molecule has 1 aliphatic carbocycles. The molecule has 0 aromatic carbocycles. The van der Waals surface area contributed by atoms with Crippen LogP contribution < -0.4 is 5.32 Å². The van der Waals surface area contributed by atoms with Crippen LogP contribution in [0.1, 0.15) is 50.1 Å². The van der Waals surface area contributed by atoms with E-state index in [9.17, 15) is 0 Å². The molecule has 0 radical (unpaired) electrons. The predicted molar refractivity (Wildman–Crippen MR) is 90.9 cm³/mol. The Morgan fingerprint density at radius 3 is 2.24 bits per heavy atom. The molecule has 1 aromatic rings. The van der Waals surface area contributed by atoms with E-state index in [0.29, 0.717) is 11.3 Å². The Labute approximate surface area is 133 Å². The van der Waals surface area contributed by atoms with Crippen molar-refractivity contribution in [2.75, 3.05) is 7.05 Å². The van der Waals surface area contributed by atoms with Crippen LogP contribution in [0.4, 0.5) is 0 Å². The van der Waals surface area contributed by atoms with Crippen molar-refractivity contribution in [3.8, 4) is 0 Å². The van der Waals surface area contributed by atoms with Crippen LogP contribution in [0.15, 0.2) is 5.16 Å². The van der Waals surface area contributed by atoms with E-state index in [4.69, 9.17) is 9.97 Å². The predicted octanol–water partition coefficient (Wildman–Crippen LogP) is 3.91. The number of rotatable bonds is 4. The van der Waals surface area contributed by atoms with Crippen molar-refractivity contribution in [2.24, 2.45) is 11.8 Å². The van der Waals surface area contributed by atoms with Crippen LogP contribution in [0.3, 0.4) is 0 Å². The number of hydrogen-bond acceptors (Lipinski definition) is 4. The van der Waals surface area contributed by atoms with E-state index < -0.39 is 0 Å². The van der Waals surface area contributed by atoms with Gasteiger partial charge in [0.15, 0.2) is 5.16 Å². The van der Waals surface area contributed by atoms with E-state index in [0.717, 1.165) is 28.4 Å². The summed E-state index contributed by atoms with van der Waals surface area (Å²) in [6.45, 7) is 11.0. The standard InChI is InChI=1S/C17H29N3S/c1-10(2)14-7-8-15(18-6)16(9-14)21-17-19-12(4)11(3)13(5)20-17/h10,14-16,18H,7-9H2,1-6H3. The molecule has 0 spiro atoms. The normalized spacial score (nSPS) is 26.3. The quantitative estimate of drug-likeness (QED) is 0.856. The monoisotopic (exact) mass is 307 g/mol. The highest BCUT2D eigenvalue weighted by atomic mass is 32.2. The van der Waals surface area contributed by atoms with Crippen molar-refractivity contribution in [1.82, 2.24) is 15.3 Å². The molecular formula is C17H29N3S. The molecule has 1 saturated carbocycles. The highest BCUT2D eigenvalue weighted by Gasteiger charge is 2.32. The third kappa shape index (κ3) is 3.98. The molecule has 1 heterocycles. The Hall–Kier alpha value is -0.610. The van der Waals surface area contributed by atoms with Gasteiger partial charge in [-0.15, -0.1) is 0 Å². The van der Waals surface area contributed by atoms with Gasteiger partial charge >= 0.3 is 0 Å². The van der Waals surface area contributed by atoms with Crippen molar-refractivity contribution in [3.05, 3.63) is 17.0 Å². The Bertz CT molecular complexity index is 464. The fourth-order valence-electron chi connectivity index (χ4n) is 3.16. The molecule has 3 atom stereocenters. The third-order valence-corrected chi connectivity index (χ3v) is 6.23. The summed E-state index contributed by atoms with van der Waals surface area (Å²) in [6.07, 6.45) is 3.87. The molecule has 118 valence electrons. The zero-order chi connectivity index (χ0) is 15.6. The van der Waals surface area contributed by atoms with Crippen molar-refractivity contribution >= 4 is 11.8 Å². The summed E-state index contributed by atoms with van der Waals surface area (Å²) in [5.74, 6) is 1.60. The SMILES string of the molecule is CNC1CCC(C(C)C)CC1Sc1nc(C)c(C)c(C)n1. The van der Waals surface area contributed by atoms with Gasteiger partial charge in [0.2, 0.25) is 0 Å². The molecule has 1 fully saturated rings. The Morgan fingerprint density at radius 2 is 1.71 bits per heavy atom. The maximum Gasteiger partial charge on any atom is 0.188 e. The van der Waals surface area contributed by atoms with Gasteiger partial charge in [0.1, 0.15) is 0 Å².